The Labute approximate surface area is 105 Å². The molecule has 3 rings (SSSR count). The molecule has 0 spiro atoms. The zero-order valence-electron chi connectivity index (χ0n) is 9.71. The van der Waals surface area contributed by atoms with Gasteiger partial charge in [-0.3, -0.25) is 9.78 Å². The van der Waals surface area contributed by atoms with Crippen LogP contribution in [0.4, 0.5) is 0 Å². The van der Waals surface area contributed by atoms with Crippen molar-refractivity contribution in [2.45, 2.75) is 25.3 Å². The summed E-state index contributed by atoms with van der Waals surface area (Å²) in [4.78, 5) is 18.9. The largest absolute Gasteiger partial charge is 0.337 e. The maximum atomic E-state index is 12.2. The lowest BCUT2D eigenvalue weighted by Crippen LogP contribution is -2.32. The highest BCUT2D eigenvalue weighted by Crippen LogP contribution is 2.36. The Morgan fingerprint density at radius 2 is 2.24 bits per heavy atom. The Balaban J connectivity index is 1.69. The van der Waals surface area contributed by atoms with Crippen molar-refractivity contribution in [3.8, 4) is 0 Å². The maximum absolute atomic E-state index is 12.2. The van der Waals surface area contributed by atoms with Crippen molar-refractivity contribution in [2.24, 2.45) is 17.6 Å². The molecule has 4 nitrogen and oxygen atoms in total. The number of nitrogens with two attached hydrogens (primary N) is 1. The monoisotopic (exact) mass is 251 g/mol. The van der Waals surface area contributed by atoms with Gasteiger partial charge in [-0.15, -0.1) is 11.3 Å². The van der Waals surface area contributed by atoms with Gasteiger partial charge in [0.1, 0.15) is 4.88 Å². The Kier molecular flexibility index (Phi) is 2.88. The van der Waals surface area contributed by atoms with Gasteiger partial charge in [-0.25, -0.2) is 0 Å². The number of hydrogen-bond acceptors (Lipinski definition) is 4. The van der Waals surface area contributed by atoms with Crippen molar-refractivity contribution in [1.82, 2.24) is 9.88 Å². The van der Waals surface area contributed by atoms with Crippen LogP contribution in [0.3, 0.4) is 0 Å². The molecule has 1 aliphatic carbocycles. The fourth-order valence-electron chi connectivity index (χ4n) is 3.11. The van der Waals surface area contributed by atoms with Crippen molar-refractivity contribution < 1.29 is 4.79 Å². The fourth-order valence-corrected chi connectivity index (χ4v) is 3.70. The van der Waals surface area contributed by atoms with Gasteiger partial charge in [0, 0.05) is 19.1 Å². The molecule has 0 bridgehead atoms. The summed E-state index contributed by atoms with van der Waals surface area (Å²) in [5, 5.41) is 0. The quantitative estimate of drug-likeness (QED) is 0.819. The highest BCUT2D eigenvalue weighted by molar-refractivity contribution is 7.11. The summed E-state index contributed by atoms with van der Waals surface area (Å²) < 4.78 is 0. The topological polar surface area (TPSA) is 59.2 Å². The highest BCUT2D eigenvalue weighted by atomic mass is 32.1. The van der Waals surface area contributed by atoms with Crippen LogP contribution in [0.1, 0.15) is 28.9 Å². The molecule has 1 aromatic heterocycles. The second-order valence-corrected chi connectivity index (χ2v) is 6.06. The van der Waals surface area contributed by atoms with E-state index >= 15 is 0 Å². The summed E-state index contributed by atoms with van der Waals surface area (Å²) in [5.41, 5.74) is 7.71. The van der Waals surface area contributed by atoms with Crippen LogP contribution >= 0.6 is 11.3 Å². The van der Waals surface area contributed by atoms with E-state index in [9.17, 15) is 4.79 Å². The van der Waals surface area contributed by atoms with Crippen molar-refractivity contribution in [3.05, 3.63) is 16.6 Å². The van der Waals surface area contributed by atoms with E-state index in [1.54, 1.807) is 11.7 Å². The van der Waals surface area contributed by atoms with Crippen molar-refractivity contribution in [2.75, 3.05) is 13.1 Å². The molecule has 1 saturated carbocycles. The lowest BCUT2D eigenvalue weighted by atomic mass is 9.79. The van der Waals surface area contributed by atoms with Crippen molar-refractivity contribution in [3.63, 3.8) is 0 Å². The molecule has 5 heteroatoms. The Morgan fingerprint density at radius 1 is 1.41 bits per heavy atom. The molecule has 2 fully saturated rings. The van der Waals surface area contributed by atoms with Crippen LogP contribution in [-0.4, -0.2) is 34.9 Å². The van der Waals surface area contributed by atoms with E-state index in [1.165, 1.54) is 17.8 Å². The first-order chi connectivity index (χ1) is 8.24. The zero-order chi connectivity index (χ0) is 11.8. The number of likely N-dealkylation sites (tertiary alicyclic amines) is 1. The van der Waals surface area contributed by atoms with Crippen molar-refractivity contribution in [1.29, 1.82) is 0 Å². The van der Waals surface area contributed by atoms with E-state index in [4.69, 9.17) is 5.73 Å². The molecule has 2 heterocycles. The number of hydrogen-bond donors (Lipinski definition) is 1. The minimum atomic E-state index is 0.149. The number of thiazole rings is 1. The molecule has 3 atom stereocenters. The summed E-state index contributed by atoms with van der Waals surface area (Å²) in [5.74, 6) is 1.44. The summed E-state index contributed by atoms with van der Waals surface area (Å²) in [6.45, 7) is 1.79. The average molecular weight is 251 g/mol. The van der Waals surface area contributed by atoms with E-state index in [2.05, 4.69) is 4.98 Å². The van der Waals surface area contributed by atoms with Crippen LogP contribution in [0.2, 0.25) is 0 Å². The molecular weight excluding hydrogens is 234 g/mol. The maximum Gasteiger partial charge on any atom is 0.265 e. The van der Waals surface area contributed by atoms with Crippen LogP contribution in [0.5, 0.6) is 0 Å². The van der Waals surface area contributed by atoms with Crippen LogP contribution in [0.25, 0.3) is 0 Å². The van der Waals surface area contributed by atoms with Crippen LogP contribution in [0, 0.1) is 11.8 Å². The number of carbonyl (C=O) groups excluding carboxylic acids is 1. The number of carbonyl (C=O) groups is 1. The van der Waals surface area contributed by atoms with Gasteiger partial charge in [-0.2, -0.15) is 0 Å². The number of fused-ring (bicyclic) bond motifs is 1. The average Bonchev–Trinajstić information content (AvgIpc) is 2.96. The minimum absolute atomic E-state index is 0.149. The van der Waals surface area contributed by atoms with Gasteiger partial charge in [0.25, 0.3) is 5.91 Å². The molecule has 0 aromatic carbocycles. The molecule has 1 saturated heterocycles. The smallest absolute Gasteiger partial charge is 0.265 e. The molecule has 1 unspecified atom stereocenters. The molecule has 2 aliphatic rings. The highest BCUT2D eigenvalue weighted by Gasteiger charge is 2.38. The number of nitrogens with zero attached hydrogens (tertiary/aromatic N) is 2. The first-order valence-electron chi connectivity index (χ1n) is 6.17. The minimum Gasteiger partial charge on any atom is -0.337 e. The van der Waals surface area contributed by atoms with Gasteiger partial charge >= 0.3 is 0 Å². The summed E-state index contributed by atoms with van der Waals surface area (Å²) in [7, 11) is 0. The molecule has 1 amide bonds. The molecule has 2 N–H and O–H groups in total. The fraction of sp³-hybridized carbons (Fsp3) is 0.667. The standard InChI is InChI=1S/C12H17N3OS/c13-10-2-1-8-5-15(6-9(8)3-10)12(16)11-4-14-7-17-11/h4,7-10H,1-3,5-6,13H2/t8-,9+,10?/m1/s1. The van der Waals surface area contributed by atoms with Gasteiger partial charge in [-0.1, -0.05) is 0 Å². The first kappa shape index (κ1) is 11.2. The van der Waals surface area contributed by atoms with Crippen molar-refractivity contribution >= 4 is 17.2 Å². The molecule has 17 heavy (non-hydrogen) atoms. The third-order valence-corrected chi connectivity index (χ3v) is 4.78. The number of aromatic nitrogens is 1. The van der Waals surface area contributed by atoms with Crippen LogP contribution < -0.4 is 5.73 Å². The van der Waals surface area contributed by atoms with Gasteiger partial charge in [0.05, 0.1) is 11.7 Å². The molecule has 0 radical (unpaired) electrons. The van der Waals surface area contributed by atoms with Crippen LogP contribution in [-0.2, 0) is 0 Å². The molecule has 1 aromatic rings. The third-order valence-electron chi connectivity index (χ3n) is 4.02. The Morgan fingerprint density at radius 3 is 3.00 bits per heavy atom. The molecule has 1 aliphatic heterocycles. The van der Waals surface area contributed by atoms with E-state index < -0.39 is 0 Å². The van der Waals surface area contributed by atoms with Gasteiger partial charge < -0.3 is 10.6 Å². The third kappa shape index (κ3) is 2.09. The lowest BCUT2D eigenvalue weighted by Gasteiger charge is -2.27. The van der Waals surface area contributed by atoms with Gasteiger partial charge in [0.2, 0.25) is 0 Å². The lowest BCUT2D eigenvalue weighted by molar-refractivity contribution is 0.0788. The first-order valence-corrected chi connectivity index (χ1v) is 7.05. The van der Waals surface area contributed by atoms with Gasteiger partial charge in [0.15, 0.2) is 0 Å². The van der Waals surface area contributed by atoms with E-state index in [0.717, 1.165) is 30.8 Å². The van der Waals surface area contributed by atoms with E-state index in [-0.39, 0.29) is 5.91 Å². The molecular formula is C12H17N3OS. The predicted octanol–water partition coefficient (Wildman–Crippen LogP) is 1.34. The normalized spacial score (nSPS) is 32.5. The van der Waals surface area contributed by atoms with Gasteiger partial charge in [-0.05, 0) is 31.1 Å². The second kappa shape index (κ2) is 4.38. The Bertz CT molecular complexity index is 406. The predicted molar refractivity (Wildman–Crippen MR) is 66.8 cm³/mol. The number of rotatable bonds is 1. The van der Waals surface area contributed by atoms with Crippen LogP contribution in [0.15, 0.2) is 11.7 Å². The summed E-state index contributed by atoms with van der Waals surface area (Å²) >= 11 is 1.42. The zero-order valence-corrected chi connectivity index (χ0v) is 10.5. The van der Waals surface area contributed by atoms with E-state index in [1.807, 2.05) is 4.90 Å². The summed E-state index contributed by atoms with van der Waals surface area (Å²) in [6.07, 6.45) is 5.04. The Hall–Kier alpha value is -0.940. The number of amides is 1. The second-order valence-electron chi connectivity index (χ2n) is 5.17. The SMILES string of the molecule is NC1CC[C@@H]2CN(C(=O)c3cncs3)C[C@@H]2C1. The molecule has 92 valence electrons. The van der Waals surface area contributed by atoms with E-state index in [0.29, 0.717) is 17.9 Å². The summed E-state index contributed by atoms with van der Waals surface area (Å²) in [6, 6.07) is 0.342.